The fourth-order valence-corrected chi connectivity index (χ4v) is 2.30. The van der Waals surface area contributed by atoms with Crippen molar-refractivity contribution in [1.82, 2.24) is 10.2 Å². The van der Waals surface area contributed by atoms with Gasteiger partial charge in [0.1, 0.15) is 0 Å². The van der Waals surface area contributed by atoms with Crippen LogP contribution in [-0.4, -0.2) is 43.5 Å². The number of nitrogens with two attached hydrogens (primary N) is 1. The number of carbonyl (C=O) groups is 1. The van der Waals surface area contributed by atoms with E-state index in [9.17, 15) is 4.79 Å². The van der Waals surface area contributed by atoms with Crippen molar-refractivity contribution < 1.29 is 4.79 Å². The van der Waals surface area contributed by atoms with Gasteiger partial charge in [-0.25, -0.2) is 0 Å². The highest BCUT2D eigenvalue weighted by Crippen LogP contribution is 2.44. The van der Waals surface area contributed by atoms with Crippen LogP contribution in [0.25, 0.3) is 0 Å². The van der Waals surface area contributed by atoms with Crippen LogP contribution in [0.5, 0.6) is 0 Å². The smallest absolute Gasteiger partial charge is 0.227 e. The van der Waals surface area contributed by atoms with Crippen LogP contribution in [0.2, 0.25) is 0 Å². The summed E-state index contributed by atoms with van der Waals surface area (Å²) in [7, 11) is 2.11. The van der Waals surface area contributed by atoms with Crippen molar-refractivity contribution in [3.63, 3.8) is 0 Å². The number of rotatable bonds is 3. The number of nitrogens with zero attached hydrogens (tertiary/aromatic N) is 1. The van der Waals surface area contributed by atoms with Crippen LogP contribution in [0.4, 0.5) is 0 Å². The van der Waals surface area contributed by atoms with Gasteiger partial charge >= 0.3 is 0 Å². The molecule has 3 N–H and O–H groups in total. The molecule has 0 aromatic rings. The predicted octanol–water partition coefficient (Wildman–Crippen LogP) is -0.0643. The lowest BCUT2D eigenvalue weighted by atomic mass is 10.0. The maximum absolute atomic E-state index is 11.9. The number of likely N-dealkylation sites (tertiary alicyclic amines) is 1. The molecule has 0 aromatic carbocycles. The van der Waals surface area contributed by atoms with E-state index in [1.807, 2.05) is 0 Å². The first-order valence-corrected chi connectivity index (χ1v) is 5.86. The molecule has 0 spiro atoms. The van der Waals surface area contributed by atoms with Gasteiger partial charge in [0.05, 0.1) is 5.41 Å². The summed E-state index contributed by atoms with van der Waals surface area (Å²) in [6.45, 7) is 2.63. The number of piperidine rings is 1. The first kappa shape index (κ1) is 10.9. The molecule has 1 saturated carbocycles. The summed E-state index contributed by atoms with van der Waals surface area (Å²) in [5.74, 6) is 0.185. The van der Waals surface area contributed by atoms with E-state index in [2.05, 4.69) is 17.3 Å². The molecule has 1 saturated heterocycles. The van der Waals surface area contributed by atoms with Crippen molar-refractivity contribution in [3.8, 4) is 0 Å². The molecule has 86 valence electrons. The van der Waals surface area contributed by atoms with Gasteiger partial charge in [0, 0.05) is 19.1 Å². The molecule has 1 atom stereocenters. The van der Waals surface area contributed by atoms with Gasteiger partial charge in [-0.3, -0.25) is 4.79 Å². The van der Waals surface area contributed by atoms with Gasteiger partial charge in [0.25, 0.3) is 0 Å². The first-order valence-electron chi connectivity index (χ1n) is 5.86. The molecule has 0 aromatic heterocycles. The molecule has 0 radical (unpaired) electrons. The van der Waals surface area contributed by atoms with Gasteiger partial charge in [-0.2, -0.15) is 0 Å². The van der Waals surface area contributed by atoms with E-state index in [0.29, 0.717) is 12.6 Å². The number of likely N-dealkylation sites (N-methyl/N-ethyl adjacent to an activating group) is 1. The third kappa shape index (κ3) is 2.32. The molecule has 0 bridgehead atoms. The Hall–Kier alpha value is -0.610. The minimum atomic E-state index is -0.198. The van der Waals surface area contributed by atoms with Gasteiger partial charge in [-0.1, -0.05) is 0 Å². The maximum Gasteiger partial charge on any atom is 0.227 e. The van der Waals surface area contributed by atoms with Gasteiger partial charge in [0.15, 0.2) is 0 Å². The Morgan fingerprint density at radius 1 is 1.60 bits per heavy atom. The highest BCUT2D eigenvalue weighted by Gasteiger charge is 2.48. The topological polar surface area (TPSA) is 58.4 Å². The number of hydrogen-bond donors (Lipinski definition) is 2. The fraction of sp³-hybridized carbons (Fsp3) is 0.909. The molecule has 4 heteroatoms. The number of amides is 1. The van der Waals surface area contributed by atoms with E-state index in [1.54, 1.807) is 0 Å². The summed E-state index contributed by atoms with van der Waals surface area (Å²) in [6.07, 6.45) is 4.23. The van der Waals surface area contributed by atoms with E-state index in [0.717, 1.165) is 32.4 Å². The Kier molecular flexibility index (Phi) is 2.98. The summed E-state index contributed by atoms with van der Waals surface area (Å²) >= 11 is 0. The van der Waals surface area contributed by atoms with Crippen LogP contribution in [-0.2, 0) is 4.79 Å². The van der Waals surface area contributed by atoms with Crippen molar-refractivity contribution in [2.24, 2.45) is 11.1 Å². The summed E-state index contributed by atoms with van der Waals surface area (Å²) in [6, 6.07) is 0.334. The zero-order valence-electron chi connectivity index (χ0n) is 9.46. The van der Waals surface area contributed by atoms with Crippen LogP contribution in [0, 0.1) is 5.41 Å². The number of hydrogen-bond acceptors (Lipinski definition) is 3. The largest absolute Gasteiger partial charge is 0.352 e. The quantitative estimate of drug-likeness (QED) is 0.687. The summed E-state index contributed by atoms with van der Waals surface area (Å²) in [5.41, 5.74) is 5.43. The van der Waals surface area contributed by atoms with Gasteiger partial charge in [-0.15, -0.1) is 0 Å². The second-order valence-electron chi connectivity index (χ2n) is 5.06. The normalized spacial score (nSPS) is 29.9. The van der Waals surface area contributed by atoms with Crippen LogP contribution in [0.3, 0.4) is 0 Å². The lowest BCUT2D eigenvalue weighted by Crippen LogP contribution is -2.49. The number of carbonyl (C=O) groups excluding carboxylic acids is 1. The molecule has 1 aliphatic carbocycles. The van der Waals surface area contributed by atoms with Crippen LogP contribution in [0.15, 0.2) is 0 Å². The Bertz CT molecular complexity index is 250. The molecule has 15 heavy (non-hydrogen) atoms. The van der Waals surface area contributed by atoms with Crippen LogP contribution >= 0.6 is 0 Å². The Labute approximate surface area is 91.2 Å². The van der Waals surface area contributed by atoms with E-state index < -0.39 is 0 Å². The number of nitrogens with one attached hydrogen (secondary N) is 1. The second kappa shape index (κ2) is 4.10. The molecule has 2 aliphatic rings. The third-order valence-corrected chi connectivity index (χ3v) is 3.69. The monoisotopic (exact) mass is 211 g/mol. The minimum Gasteiger partial charge on any atom is -0.352 e. The Morgan fingerprint density at radius 3 is 2.87 bits per heavy atom. The molecule has 2 rings (SSSR count). The SMILES string of the molecule is CN1CCCC(NC(=O)C2(CN)CC2)C1. The van der Waals surface area contributed by atoms with Crippen molar-refractivity contribution in [1.29, 1.82) is 0 Å². The molecular weight excluding hydrogens is 190 g/mol. The summed E-state index contributed by atoms with van der Waals surface area (Å²) in [5, 5.41) is 3.14. The van der Waals surface area contributed by atoms with E-state index in [4.69, 9.17) is 5.73 Å². The molecule has 4 nitrogen and oxygen atoms in total. The fourth-order valence-electron chi connectivity index (χ4n) is 2.30. The van der Waals surface area contributed by atoms with Crippen molar-refractivity contribution >= 4 is 5.91 Å². The van der Waals surface area contributed by atoms with Crippen LogP contribution < -0.4 is 11.1 Å². The van der Waals surface area contributed by atoms with E-state index >= 15 is 0 Å². The molecule has 1 aliphatic heterocycles. The van der Waals surface area contributed by atoms with Crippen LogP contribution in [0.1, 0.15) is 25.7 Å². The minimum absolute atomic E-state index is 0.185. The maximum atomic E-state index is 11.9. The molecule has 1 heterocycles. The van der Waals surface area contributed by atoms with E-state index in [-0.39, 0.29) is 11.3 Å². The highest BCUT2D eigenvalue weighted by atomic mass is 16.2. The zero-order valence-corrected chi connectivity index (χ0v) is 9.46. The van der Waals surface area contributed by atoms with Gasteiger partial charge in [-0.05, 0) is 39.3 Å². The summed E-state index contributed by atoms with van der Waals surface area (Å²) < 4.78 is 0. The average Bonchev–Trinajstić information content (AvgIpc) is 2.98. The molecule has 2 fully saturated rings. The van der Waals surface area contributed by atoms with Crippen molar-refractivity contribution in [2.75, 3.05) is 26.7 Å². The zero-order chi connectivity index (χ0) is 10.9. The Balaban J connectivity index is 1.83. The molecule has 1 amide bonds. The first-order chi connectivity index (χ1) is 7.16. The Morgan fingerprint density at radius 2 is 2.33 bits per heavy atom. The van der Waals surface area contributed by atoms with Gasteiger partial charge < -0.3 is 16.0 Å². The van der Waals surface area contributed by atoms with Gasteiger partial charge in [0.2, 0.25) is 5.91 Å². The standard InChI is InChI=1S/C11H21N3O/c1-14-6-2-3-9(7-14)13-10(15)11(8-12)4-5-11/h9H,2-8,12H2,1H3,(H,13,15). The lowest BCUT2D eigenvalue weighted by molar-refractivity contribution is -0.127. The average molecular weight is 211 g/mol. The highest BCUT2D eigenvalue weighted by molar-refractivity contribution is 5.85. The lowest BCUT2D eigenvalue weighted by Gasteiger charge is -2.31. The van der Waals surface area contributed by atoms with Crippen molar-refractivity contribution in [3.05, 3.63) is 0 Å². The molecular formula is C11H21N3O. The van der Waals surface area contributed by atoms with E-state index in [1.165, 1.54) is 6.42 Å². The third-order valence-electron chi connectivity index (χ3n) is 3.69. The predicted molar refractivity (Wildman–Crippen MR) is 59.4 cm³/mol. The second-order valence-corrected chi connectivity index (χ2v) is 5.06. The summed E-state index contributed by atoms with van der Waals surface area (Å²) in [4.78, 5) is 14.2. The van der Waals surface area contributed by atoms with Crippen molar-refractivity contribution in [2.45, 2.75) is 31.7 Å². The molecule has 1 unspecified atom stereocenters.